The Morgan fingerprint density at radius 1 is 1.32 bits per heavy atom. The normalized spacial score (nSPS) is 19.4. The van der Waals surface area contributed by atoms with Crippen molar-refractivity contribution < 1.29 is 4.79 Å². The number of amides is 1. The van der Waals surface area contributed by atoms with Gasteiger partial charge in [-0.15, -0.1) is 0 Å². The molecule has 1 aliphatic rings. The van der Waals surface area contributed by atoms with Crippen LogP contribution in [0.3, 0.4) is 0 Å². The van der Waals surface area contributed by atoms with E-state index >= 15 is 0 Å². The number of para-hydroxylation sites is 2. The first kappa shape index (κ1) is 18.6. The largest absolute Gasteiger partial charge is 0.337 e. The first-order valence-corrected chi connectivity index (χ1v) is 9.74. The van der Waals surface area contributed by atoms with Crippen molar-refractivity contribution in [3.05, 3.63) is 48.3 Å². The third-order valence-corrected chi connectivity index (χ3v) is 5.43. The zero-order valence-corrected chi connectivity index (χ0v) is 16.6. The fourth-order valence-electron chi connectivity index (χ4n) is 3.89. The van der Waals surface area contributed by atoms with Gasteiger partial charge < -0.3 is 14.0 Å². The van der Waals surface area contributed by atoms with E-state index in [0.29, 0.717) is 6.54 Å². The Labute approximate surface area is 164 Å². The van der Waals surface area contributed by atoms with E-state index in [0.717, 1.165) is 42.2 Å². The number of fused-ring (bicyclic) bond motifs is 1. The third-order valence-electron chi connectivity index (χ3n) is 5.43. The van der Waals surface area contributed by atoms with Crippen LogP contribution in [0.25, 0.3) is 11.0 Å². The third kappa shape index (κ3) is 3.53. The van der Waals surface area contributed by atoms with Crippen molar-refractivity contribution in [2.24, 2.45) is 0 Å². The molecule has 2 unspecified atom stereocenters. The number of rotatable bonds is 6. The summed E-state index contributed by atoms with van der Waals surface area (Å²) in [5.41, 5.74) is 8.59. The molecular weight excluding hydrogens is 354 g/mol. The lowest BCUT2D eigenvalue weighted by molar-refractivity contribution is -0.132. The molecule has 0 spiro atoms. The monoisotopic (exact) mass is 381 g/mol. The molecule has 0 aliphatic carbocycles. The Morgan fingerprint density at radius 3 is 2.96 bits per heavy atom. The number of aryl methyl sites for hydroxylation is 2. The van der Waals surface area contributed by atoms with Gasteiger partial charge >= 0.3 is 0 Å². The average molecular weight is 381 g/mol. The van der Waals surface area contributed by atoms with Crippen molar-refractivity contribution in [2.75, 3.05) is 7.05 Å². The van der Waals surface area contributed by atoms with E-state index in [2.05, 4.69) is 42.9 Å². The van der Waals surface area contributed by atoms with Gasteiger partial charge in [0, 0.05) is 38.6 Å². The Kier molecular flexibility index (Phi) is 5.15. The molecule has 1 amide bonds. The van der Waals surface area contributed by atoms with E-state index in [9.17, 15) is 4.79 Å². The van der Waals surface area contributed by atoms with Gasteiger partial charge in [-0.1, -0.05) is 12.1 Å². The molecule has 28 heavy (non-hydrogen) atoms. The number of aromatic nitrogens is 4. The Balaban J connectivity index is 1.39. The quantitative estimate of drug-likeness (QED) is 0.676. The van der Waals surface area contributed by atoms with Gasteiger partial charge in [0.25, 0.3) is 0 Å². The summed E-state index contributed by atoms with van der Waals surface area (Å²) in [6, 6.07) is 8.07. The molecule has 1 aliphatic heterocycles. The van der Waals surface area contributed by atoms with Gasteiger partial charge in [0.1, 0.15) is 17.7 Å². The van der Waals surface area contributed by atoms with Crippen LogP contribution in [-0.2, 0) is 24.4 Å². The van der Waals surface area contributed by atoms with Crippen LogP contribution in [0.4, 0.5) is 0 Å². The molecule has 148 valence electrons. The van der Waals surface area contributed by atoms with Crippen molar-refractivity contribution in [3.8, 4) is 0 Å². The van der Waals surface area contributed by atoms with Gasteiger partial charge in [-0.25, -0.2) is 15.4 Å². The van der Waals surface area contributed by atoms with Crippen molar-refractivity contribution >= 4 is 16.9 Å². The summed E-state index contributed by atoms with van der Waals surface area (Å²) in [6.45, 7) is 6.22. The van der Waals surface area contributed by atoms with E-state index in [4.69, 9.17) is 0 Å². The topological polar surface area (TPSA) is 80.0 Å². The Hall–Kier alpha value is -2.71. The van der Waals surface area contributed by atoms with Crippen LogP contribution in [0.2, 0.25) is 0 Å². The maximum Gasteiger partial charge on any atom is 0.241 e. The number of carbonyl (C=O) groups is 1. The molecule has 1 saturated heterocycles. The smallest absolute Gasteiger partial charge is 0.241 e. The van der Waals surface area contributed by atoms with Crippen LogP contribution in [-0.4, -0.2) is 49.0 Å². The van der Waals surface area contributed by atoms with Crippen molar-refractivity contribution in [1.82, 2.24) is 34.9 Å². The first-order valence-electron chi connectivity index (χ1n) is 9.74. The number of nitrogens with zero attached hydrogens (tertiary/aromatic N) is 5. The average Bonchev–Trinajstić information content (AvgIpc) is 3.41. The lowest BCUT2D eigenvalue weighted by Gasteiger charge is -2.21. The number of hydrogen-bond acceptors (Lipinski definition) is 5. The van der Waals surface area contributed by atoms with Crippen LogP contribution < -0.4 is 10.9 Å². The molecular formula is C20H27N7O. The Bertz CT molecular complexity index is 976. The predicted molar refractivity (Wildman–Crippen MR) is 107 cm³/mol. The number of carbonyl (C=O) groups excluding carboxylic acids is 1. The number of hydrazine groups is 1. The van der Waals surface area contributed by atoms with Crippen LogP contribution in [0.1, 0.15) is 25.0 Å². The fraction of sp³-hybridized carbons (Fsp3) is 0.450. The summed E-state index contributed by atoms with van der Waals surface area (Å²) in [5, 5.41) is 0. The zero-order chi connectivity index (χ0) is 19.7. The molecule has 3 aromatic rings. The summed E-state index contributed by atoms with van der Waals surface area (Å²) in [5.74, 6) is 1.97. The highest BCUT2D eigenvalue weighted by Crippen LogP contribution is 2.18. The summed E-state index contributed by atoms with van der Waals surface area (Å²) in [4.78, 5) is 23.6. The first-order chi connectivity index (χ1) is 13.6. The van der Waals surface area contributed by atoms with Crippen molar-refractivity contribution in [1.29, 1.82) is 0 Å². The molecule has 4 rings (SSSR count). The van der Waals surface area contributed by atoms with Gasteiger partial charge in [0.15, 0.2) is 0 Å². The second-order valence-electron chi connectivity index (χ2n) is 7.36. The molecule has 1 fully saturated rings. The summed E-state index contributed by atoms with van der Waals surface area (Å²) < 4.78 is 4.27. The van der Waals surface area contributed by atoms with Crippen molar-refractivity contribution in [2.45, 2.75) is 52.0 Å². The highest BCUT2D eigenvalue weighted by atomic mass is 16.2. The van der Waals surface area contributed by atoms with E-state index in [1.165, 1.54) is 0 Å². The van der Waals surface area contributed by atoms with Crippen molar-refractivity contribution in [3.63, 3.8) is 0 Å². The van der Waals surface area contributed by atoms with Crippen LogP contribution in [0.5, 0.6) is 0 Å². The lowest BCUT2D eigenvalue weighted by Crippen LogP contribution is -2.44. The van der Waals surface area contributed by atoms with E-state index in [1.54, 1.807) is 11.1 Å². The van der Waals surface area contributed by atoms with E-state index in [1.807, 2.05) is 38.4 Å². The van der Waals surface area contributed by atoms with Gasteiger partial charge in [-0.2, -0.15) is 0 Å². The van der Waals surface area contributed by atoms with Gasteiger partial charge in [0.2, 0.25) is 5.91 Å². The second kappa shape index (κ2) is 7.73. The SMILES string of the molecule is CCn1ccnc1CN(C)C(=O)C1CC(Cn2c(C)nc3ccccc32)NN1. The summed E-state index contributed by atoms with van der Waals surface area (Å²) in [6.07, 6.45) is 4.45. The highest BCUT2D eigenvalue weighted by Gasteiger charge is 2.32. The maximum atomic E-state index is 12.9. The maximum absolute atomic E-state index is 12.9. The molecule has 0 radical (unpaired) electrons. The molecule has 0 bridgehead atoms. The van der Waals surface area contributed by atoms with Crippen LogP contribution >= 0.6 is 0 Å². The summed E-state index contributed by atoms with van der Waals surface area (Å²) in [7, 11) is 1.83. The van der Waals surface area contributed by atoms with Crippen LogP contribution in [0, 0.1) is 6.92 Å². The number of nitrogens with one attached hydrogen (secondary N) is 2. The molecule has 2 N–H and O–H groups in total. The Morgan fingerprint density at radius 2 is 2.14 bits per heavy atom. The standard InChI is InChI=1S/C20H27N7O/c1-4-26-10-9-21-19(26)13-25(3)20(28)17-11-15(23-24-17)12-27-14(2)22-16-7-5-6-8-18(16)27/h5-10,15,17,23-24H,4,11-13H2,1-3H3. The molecule has 0 saturated carbocycles. The van der Waals surface area contributed by atoms with Gasteiger partial charge in [0.05, 0.1) is 17.6 Å². The van der Waals surface area contributed by atoms with Crippen LogP contribution in [0.15, 0.2) is 36.7 Å². The lowest BCUT2D eigenvalue weighted by atomic mass is 10.1. The molecule has 1 aromatic carbocycles. The highest BCUT2D eigenvalue weighted by molar-refractivity contribution is 5.82. The van der Waals surface area contributed by atoms with Gasteiger partial charge in [-0.3, -0.25) is 10.2 Å². The van der Waals surface area contributed by atoms with Gasteiger partial charge in [-0.05, 0) is 32.4 Å². The van der Waals surface area contributed by atoms with E-state index in [-0.39, 0.29) is 18.0 Å². The zero-order valence-electron chi connectivity index (χ0n) is 16.6. The fourth-order valence-corrected chi connectivity index (χ4v) is 3.89. The second-order valence-corrected chi connectivity index (χ2v) is 7.36. The number of benzene rings is 1. The minimum Gasteiger partial charge on any atom is -0.337 e. The minimum absolute atomic E-state index is 0.0767. The number of likely N-dealkylation sites (N-methyl/N-ethyl adjacent to an activating group) is 1. The number of hydrogen-bond donors (Lipinski definition) is 2. The molecule has 3 heterocycles. The number of imidazole rings is 2. The van der Waals surface area contributed by atoms with E-state index < -0.39 is 0 Å². The molecule has 2 atom stereocenters. The predicted octanol–water partition coefficient (Wildman–Crippen LogP) is 1.45. The molecule has 8 heteroatoms. The minimum atomic E-state index is -0.241. The molecule has 2 aromatic heterocycles. The summed E-state index contributed by atoms with van der Waals surface area (Å²) >= 11 is 0. The molecule has 8 nitrogen and oxygen atoms in total.